The average Bonchev–Trinajstić information content (AvgIpc) is 2.73. The number of halogens is 3. The van der Waals surface area contributed by atoms with Gasteiger partial charge < -0.3 is 9.47 Å². The van der Waals surface area contributed by atoms with E-state index in [1.807, 2.05) is 0 Å². The van der Waals surface area contributed by atoms with E-state index in [0.717, 1.165) is 0 Å². The third-order valence-electron chi connectivity index (χ3n) is 4.04. The topological polar surface area (TPSA) is 104 Å². The summed E-state index contributed by atoms with van der Waals surface area (Å²) in [5, 5.41) is 0. The van der Waals surface area contributed by atoms with Gasteiger partial charge in [0.2, 0.25) is 5.78 Å². The van der Waals surface area contributed by atoms with Crippen LogP contribution in [0.3, 0.4) is 0 Å². The SMILES string of the molecule is C=CC(=O)C(CC(=O)c1ccc(OC(=O)CCCOC(=O)C(=C)C)cc1)C(=O)C(F)(F)F. The zero-order chi connectivity index (χ0) is 24.5. The summed E-state index contributed by atoms with van der Waals surface area (Å²) in [6.45, 7) is 7.94. The Bertz CT molecular complexity index is 914. The lowest BCUT2D eigenvalue weighted by atomic mass is 9.90. The molecule has 0 N–H and O–H groups in total. The van der Waals surface area contributed by atoms with Crippen LogP contribution in [0.1, 0.15) is 36.5 Å². The van der Waals surface area contributed by atoms with Gasteiger partial charge >= 0.3 is 18.1 Å². The van der Waals surface area contributed by atoms with Crippen molar-refractivity contribution in [3.8, 4) is 5.75 Å². The zero-order valence-corrected chi connectivity index (χ0v) is 17.2. The smallest absolute Gasteiger partial charge is 0.450 e. The maximum atomic E-state index is 12.7. The molecule has 1 aromatic rings. The molecule has 0 saturated carbocycles. The Morgan fingerprint density at radius 2 is 1.69 bits per heavy atom. The number of rotatable bonds is 12. The molecule has 1 aromatic carbocycles. The van der Waals surface area contributed by atoms with Crippen molar-refractivity contribution in [1.82, 2.24) is 0 Å². The highest BCUT2D eigenvalue weighted by molar-refractivity contribution is 6.12. The first kappa shape index (κ1) is 26.5. The van der Waals surface area contributed by atoms with E-state index < -0.39 is 47.8 Å². The van der Waals surface area contributed by atoms with Gasteiger partial charge in [-0.1, -0.05) is 13.2 Å². The minimum Gasteiger partial charge on any atom is -0.462 e. The summed E-state index contributed by atoms with van der Waals surface area (Å²) in [6, 6.07) is 4.85. The highest BCUT2D eigenvalue weighted by atomic mass is 19.4. The molecule has 0 aliphatic carbocycles. The van der Waals surface area contributed by atoms with Crippen molar-refractivity contribution < 1.29 is 46.6 Å². The van der Waals surface area contributed by atoms with Crippen molar-refractivity contribution in [2.24, 2.45) is 5.92 Å². The van der Waals surface area contributed by atoms with Crippen molar-refractivity contribution in [1.29, 1.82) is 0 Å². The minimum absolute atomic E-state index is 0.00449. The van der Waals surface area contributed by atoms with Crippen LogP contribution in [0, 0.1) is 5.92 Å². The normalized spacial score (nSPS) is 11.8. The number of esters is 2. The number of hydrogen-bond acceptors (Lipinski definition) is 7. The number of carbonyl (C=O) groups is 5. The molecule has 0 amide bonds. The number of ketones is 3. The Hall–Kier alpha value is -3.56. The van der Waals surface area contributed by atoms with E-state index in [0.29, 0.717) is 6.08 Å². The molecule has 0 aliphatic rings. The van der Waals surface area contributed by atoms with Crippen LogP contribution < -0.4 is 4.74 Å². The van der Waals surface area contributed by atoms with Crippen LogP contribution >= 0.6 is 0 Å². The average molecular weight is 454 g/mol. The molecule has 0 heterocycles. The highest BCUT2D eigenvalue weighted by Gasteiger charge is 2.46. The largest absolute Gasteiger partial charge is 0.462 e. The van der Waals surface area contributed by atoms with Crippen LogP contribution in [0.4, 0.5) is 13.2 Å². The van der Waals surface area contributed by atoms with Gasteiger partial charge in [0.1, 0.15) is 5.75 Å². The second kappa shape index (κ2) is 11.7. The molecule has 0 aromatic heterocycles. The summed E-state index contributed by atoms with van der Waals surface area (Å²) in [5.41, 5.74) is 0.151. The molecule has 172 valence electrons. The molecule has 1 unspecified atom stereocenters. The fourth-order valence-corrected chi connectivity index (χ4v) is 2.36. The second-order valence-electron chi connectivity index (χ2n) is 6.67. The summed E-state index contributed by atoms with van der Waals surface area (Å²) < 4.78 is 47.9. The molecule has 0 aliphatic heterocycles. The van der Waals surface area contributed by atoms with Gasteiger partial charge in [0, 0.05) is 24.0 Å². The Balaban J connectivity index is 2.67. The molecule has 32 heavy (non-hydrogen) atoms. The molecule has 0 saturated heterocycles. The standard InChI is InChI=1S/C22H21F3O7/c1-4-17(26)16(20(29)22(23,24)25)12-18(27)14-7-9-15(10-8-14)32-19(28)6-5-11-31-21(30)13(2)3/h4,7-10,16H,1-2,5-6,11-12H2,3H3. The van der Waals surface area contributed by atoms with Gasteiger partial charge in [-0.2, -0.15) is 13.2 Å². The summed E-state index contributed by atoms with van der Waals surface area (Å²) in [5.74, 6) is -7.77. The van der Waals surface area contributed by atoms with Gasteiger partial charge in [0.15, 0.2) is 11.6 Å². The van der Waals surface area contributed by atoms with E-state index in [-0.39, 0.29) is 36.3 Å². The van der Waals surface area contributed by atoms with Crippen molar-refractivity contribution >= 4 is 29.3 Å². The third-order valence-corrected chi connectivity index (χ3v) is 4.04. The maximum Gasteiger partial charge on any atom is 0.450 e. The number of allylic oxidation sites excluding steroid dienone is 1. The lowest BCUT2D eigenvalue weighted by Crippen LogP contribution is -2.36. The van der Waals surface area contributed by atoms with Gasteiger partial charge in [-0.05, 0) is 43.7 Å². The first-order valence-electron chi connectivity index (χ1n) is 9.30. The summed E-state index contributed by atoms with van der Waals surface area (Å²) in [6.07, 6.45) is -5.55. The van der Waals surface area contributed by atoms with E-state index in [4.69, 9.17) is 9.47 Å². The van der Waals surface area contributed by atoms with Crippen LogP contribution in [0.25, 0.3) is 0 Å². The van der Waals surface area contributed by atoms with Gasteiger partial charge in [0.05, 0.1) is 12.5 Å². The molecule has 0 spiro atoms. The Morgan fingerprint density at radius 1 is 1.09 bits per heavy atom. The molecule has 0 radical (unpaired) electrons. The fourth-order valence-electron chi connectivity index (χ4n) is 2.36. The summed E-state index contributed by atoms with van der Waals surface area (Å²) in [7, 11) is 0. The Morgan fingerprint density at radius 3 is 2.19 bits per heavy atom. The first-order chi connectivity index (χ1) is 14.9. The first-order valence-corrected chi connectivity index (χ1v) is 9.30. The molecule has 10 heteroatoms. The van der Waals surface area contributed by atoms with Gasteiger partial charge in [-0.25, -0.2) is 4.79 Å². The van der Waals surface area contributed by atoms with E-state index in [1.165, 1.54) is 31.2 Å². The molecule has 0 fully saturated rings. The van der Waals surface area contributed by atoms with Gasteiger partial charge in [0.25, 0.3) is 0 Å². The van der Waals surface area contributed by atoms with Crippen molar-refractivity contribution in [3.63, 3.8) is 0 Å². The molecule has 0 bridgehead atoms. The van der Waals surface area contributed by atoms with Crippen molar-refractivity contribution in [2.45, 2.75) is 32.4 Å². The second-order valence-corrected chi connectivity index (χ2v) is 6.67. The molecule has 1 atom stereocenters. The maximum absolute atomic E-state index is 12.7. The molecule has 7 nitrogen and oxygen atoms in total. The van der Waals surface area contributed by atoms with E-state index in [9.17, 15) is 37.1 Å². The van der Waals surface area contributed by atoms with Crippen LogP contribution in [0.15, 0.2) is 49.1 Å². The van der Waals surface area contributed by atoms with E-state index in [1.54, 1.807) is 0 Å². The summed E-state index contributed by atoms with van der Waals surface area (Å²) >= 11 is 0. The van der Waals surface area contributed by atoms with Crippen molar-refractivity contribution in [2.75, 3.05) is 6.61 Å². The van der Waals surface area contributed by atoms with Gasteiger partial charge in [-0.3, -0.25) is 19.2 Å². The Labute approximate surface area is 181 Å². The number of benzene rings is 1. The molecule has 1 rings (SSSR count). The van der Waals surface area contributed by atoms with Crippen LogP contribution in [-0.4, -0.2) is 42.1 Å². The third kappa shape index (κ3) is 8.29. The lowest BCUT2D eigenvalue weighted by molar-refractivity contribution is -0.176. The molecular formula is C22H21F3O7. The van der Waals surface area contributed by atoms with E-state index in [2.05, 4.69) is 13.2 Å². The van der Waals surface area contributed by atoms with Crippen LogP contribution in [-0.2, 0) is 23.9 Å². The monoisotopic (exact) mass is 454 g/mol. The minimum atomic E-state index is -5.27. The fraction of sp³-hybridized carbons (Fsp3) is 0.318. The lowest BCUT2D eigenvalue weighted by Gasteiger charge is -2.14. The number of alkyl halides is 3. The summed E-state index contributed by atoms with van der Waals surface area (Å²) in [4.78, 5) is 58.4. The van der Waals surface area contributed by atoms with Crippen LogP contribution in [0.2, 0.25) is 0 Å². The van der Waals surface area contributed by atoms with E-state index >= 15 is 0 Å². The van der Waals surface area contributed by atoms with Crippen molar-refractivity contribution in [3.05, 3.63) is 54.6 Å². The molecular weight excluding hydrogens is 433 g/mol. The van der Waals surface area contributed by atoms with Crippen LogP contribution in [0.5, 0.6) is 5.75 Å². The predicted molar refractivity (Wildman–Crippen MR) is 106 cm³/mol. The zero-order valence-electron chi connectivity index (χ0n) is 17.2. The number of Topliss-reactive ketones (excluding diaryl/α,β-unsaturated/α-hetero) is 2. The number of ether oxygens (including phenoxy) is 2. The predicted octanol–water partition coefficient (Wildman–Crippen LogP) is 3.57. The highest BCUT2D eigenvalue weighted by Crippen LogP contribution is 2.25. The quantitative estimate of drug-likeness (QED) is 0.119. The number of carbonyl (C=O) groups excluding carboxylic acids is 5. The van der Waals surface area contributed by atoms with Gasteiger partial charge in [-0.15, -0.1) is 0 Å². The number of hydrogen-bond donors (Lipinski definition) is 0. The Kier molecular flexibility index (Phi) is 9.70.